The van der Waals surface area contributed by atoms with Crippen LogP contribution >= 0.6 is 11.3 Å². The largest absolute Gasteiger partial charge is 0.496 e. The minimum absolute atomic E-state index is 0.190. The van der Waals surface area contributed by atoms with Gasteiger partial charge in [0.05, 0.1) is 17.7 Å². The second-order valence-corrected chi connectivity index (χ2v) is 7.08. The fraction of sp³-hybridized carbons (Fsp3) is 0.0909. The Labute approximate surface area is 167 Å². The number of amides is 1. The number of hydrogen-bond donors (Lipinski definition) is 1. The lowest BCUT2D eigenvalue weighted by Gasteiger charge is -2.10. The third-order valence-corrected chi connectivity index (χ3v) is 5.24. The van der Waals surface area contributed by atoms with Crippen molar-refractivity contribution in [1.82, 2.24) is 15.1 Å². The molecule has 0 atom stereocenters. The van der Waals surface area contributed by atoms with Gasteiger partial charge in [0.25, 0.3) is 5.91 Å². The predicted molar refractivity (Wildman–Crippen MR) is 111 cm³/mol. The molecule has 4 aromatic rings. The predicted octanol–water partition coefficient (Wildman–Crippen LogP) is 4.54. The summed E-state index contributed by atoms with van der Waals surface area (Å²) in [6.07, 6.45) is 0. The number of nitrogens with one attached hydrogen (secondary N) is 1. The van der Waals surface area contributed by atoms with Crippen LogP contribution in [0.3, 0.4) is 0 Å². The Balaban J connectivity index is 1.65. The van der Waals surface area contributed by atoms with Crippen LogP contribution in [0.1, 0.15) is 16.1 Å². The van der Waals surface area contributed by atoms with Crippen LogP contribution in [0.25, 0.3) is 16.3 Å². The van der Waals surface area contributed by atoms with Gasteiger partial charge >= 0.3 is 0 Å². The summed E-state index contributed by atoms with van der Waals surface area (Å²) < 4.78 is 7.05. The van der Waals surface area contributed by atoms with Gasteiger partial charge in [-0.2, -0.15) is 5.10 Å². The van der Waals surface area contributed by atoms with Gasteiger partial charge in [-0.1, -0.05) is 42.5 Å². The molecule has 6 heteroatoms. The molecule has 0 spiro atoms. The van der Waals surface area contributed by atoms with Gasteiger partial charge in [0, 0.05) is 12.1 Å². The number of nitrogens with zero attached hydrogens (tertiary/aromatic N) is 2. The van der Waals surface area contributed by atoms with Crippen molar-refractivity contribution in [2.24, 2.45) is 0 Å². The van der Waals surface area contributed by atoms with Gasteiger partial charge in [-0.25, -0.2) is 4.68 Å². The highest BCUT2D eigenvalue weighted by atomic mass is 32.1. The summed E-state index contributed by atoms with van der Waals surface area (Å²) in [5, 5.41) is 9.65. The molecular weight excluding hydrogens is 370 g/mol. The molecule has 0 aliphatic carbocycles. The molecule has 2 aromatic heterocycles. The topological polar surface area (TPSA) is 56.1 Å². The summed E-state index contributed by atoms with van der Waals surface area (Å²) >= 11 is 1.60. The van der Waals surface area contributed by atoms with E-state index < -0.39 is 0 Å². The number of aromatic nitrogens is 2. The number of thiophene rings is 1. The van der Waals surface area contributed by atoms with Crippen LogP contribution in [0.5, 0.6) is 5.75 Å². The van der Waals surface area contributed by atoms with Gasteiger partial charge in [0.1, 0.15) is 17.1 Å². The molecule has 2 heterocycles. The summed E-state index contributed by atoms with van der Waals surface area (Å²) in [4.78, 5) is 14.0. The number of carbonyl (C=O) groups excluding carboxylic acids is 1. The van der Waals surface area contributed by atoms with Crippen LogP contribution in [0.4, 0.5) is 0 Å². The molecule has 0 saturated carbocycles. The molecule has 140 valence electrons. The fourth-order valence-corrected chi connectivity index (χ4v) is 3.65. The molecule has 1 amide bonds. The highest BCUT2D eigenvalue weighted by molar-refractivity contribution is 7.13. The lowest BCUT2D eigenvalue weighted by molar-refractivity contribution is 0.0943. The molecule has 28 heavy (non-hydrogen) atoms. The van der Waals surface area contributed by atoms with E-state index in [0.29, 0.717) is 12.2 Å². The maximum Gasteiger partial charge on any atom is 0.270 e. The van der Waals surface area contributed by atoms with Crippen molar-refractivity contribution in [3.63, 3.8) is 0 Å². The first-order valence-corrected chi connectivity index (χ1v) is 9.73. The zero-order valence-electron chi connectivity index (χ0n) is 15.3. The third kappa shape index (κ3) is 3.68. The van der Waals surface area contributed by atoms with Crippen LogP contribution in [-0.4, -0.2) is 22.8 Å². The molecule has 0 saturated heterocycles. The summed E-state index contributed by atoms with van der Waals surface area (Å²) in [6.45, 7) is 0.372. The molecule has 0 fully saturated rings. The number of ether oxygens (including phenoxy) is 1. The Morgan fingerprint density at radius 2 is 1.86 bits per heavy atom. The van der Waals surface area contributed by atoms with E-state index in [2.05, 4.69) is 10.4 Å². The second kappa shape index (κ2) is 8.10. The molecule has 0 bridgehead atoms. The van der Waals surface area contributed by atoms with E-state index in [1.165, 1.54) is 0 Å². The average molecular weight is 389 g/mol. The van der Waals surface area contributed by atoms with Gasteiger partial charge in [-0.05, 0) is 35.7 Å². The zero-order valence-corrected chi connectivity index (χ0v) is 16.1. The Hall–Kier alpha value is -3.38. The monoisotopic (exact) mass is 389 g/mol. The van der Waals surface area contributed by atoms with E-state index in [0.717, 1.165) is 27.6 Å². The van der Waals surface area contributed by atoms with Crippen molar-refractivity contribution in [3.05, 3.63) is 89.4 Å². The molecule has 5 nitrogen and oxygen atoms in total. The molecule has 1 N–H and O–H groups in total. The smallest absolute Gasteiger partial charge is 0.270 e. The van der Waals surface area contributed by atoms with E-state index in [9.17, 15) is 4.79 Å². The fourth-order valence-electron chi connectivity index (χ4n) is 2.97. The molecule has 4 rings (SSSR count). The van der Waals surface area contributed by atoms with E-state index in [1.807, 2.05) is 78.2 Å². The lowest BCUT2D eigenvalue weighted by atomic mass is 10.2. The Bertz CT molecular complexity index is 1070. The average Bonchev–Trinajstić information content (AvgIpc) is 3.42. The van der Waals surface area contributed by atoms with Gasteiger partial charge in [-0.3, -0.25) is 4.79 Å². The molecule has 0 aliphatic heterocycles. The van der Waals surface area contributed by atoms with Gasteiger partial charge < -0.3 is 10.1 Å². The van der Waals surface area contributed by atoms with Crippen molar-refractivity contribution >= 4 is 17.2 Å². The quantitative estimate of drug-likeness (QED) is 0.527. The van der Waals surface area contributed by atoms with E-state index >= 15 is 0 Å². The van der Waals surface area contributed by atoms with E-state index in [1.54, 1.807) is 23.1 Å². The first-order valence-electron chi connectivity index (χ1n) is 8.85. The summed E-state index contributed by atoms with van der Waals surface area (Å²) in [7, 11) is 1.62. The summed E-state index contributed by atoms with van der Waals surface area (Å²) in [6, 6.07) is 23.1. The van der Waals surface area contributed by atoms with Crippen LogP contribution < -0.4 is 10.1 Å². The highest BCUT2D eigenvalue weighted by Crippen LogP contribution is 2.26. The zero-order chi connectivity index (χ0) is 19.3. The van der Waals surface area contributed by atoms with Gasteiger partial charge in [-0.15, -0.1) is 11.3 Å². The van der Waals surface area contributed by atoms with Gasteiger partial charge in [0.15, 0.2) is 0 Å². The summed E-state index contributed by atoms with van der Waals surface area (Å²) in [5.41, 5.74) is 3.03. The maximum absolute atomic E-state index is 13.0. The van der Waals surface area contributed by atoms with Crippen LogP contribution in [-0.2, 0) is 6.54 Å². The van der Waals surface area contributed by atoms with Crippen LogP contribution in [0.15, 0.2) is 78.2 Å². The van der Waals surface area contributed by atoms with Gasteiger partial charge in [0.2, 0.25) is 0 Å². The van der Waals surface area contributed by atoms with Crippen molar-refractivity contribution in [2.45, 2.75) is 6.54 Å². The Morgan fingerprint density at radius 1 is 1.07 bits per heavy atom. The number of hydrogen-bond acceptors (Lipinski definition) is 4. The van der Waals surface area contributed by atoms with E-state index in [-0.39, 0.29) is 5.91 Å². The standard InChI is InChI=1S/C22H19N3O2S/c1-27-20-11-6-5-8-16(20)15-23-22(26)19-14-18(21-12-7-13-28-21)24-25(19)17-9-3-2-4-10-17/h2-14H,15H2,1H3,(H,23,26). The first kappa shape index (κ1) is 18.0. The molecule has 2 aromatic carbocycles. The lowest BCUT2D eigenvalue weighted by Crippen LogP contribution is -2.25. The number of rotatable bonds is 6. The number of para-hydroxylation sites is 2. The number of carbonyl (C=O) groups is 1. The van der Waals surface area contributed by atoms with Crippen molar-refractivity contribution in [2.75, 3.05) is 7.11 Å². The SMILES string of the molecule is COc1ccccc1CNC(=O)c1cc(-c2cccs2)nn1-c1ccccc1. The highest BCUT2D eigenvalue weighted by Gasteiger charge is 2.18. The first-order chi connectivity index (χ1) is 13.8. The Kier molecular flexibility index (Phi) is 5.21. The number of methoxy groups -OCH3 is 1. The van der Waals surface area contributed by atoms with Crippen LogP contribution in [0.2, 0.25) is 0 Å². The second-order valence-electron chi connectivity index (χ2n) is 6.13. The van der Waals surface area contributed by atoms with Crippen molar-refractivity contribution in [3.8, 4) is 22.0 Å². The third-order valence-electron chi connectivity index (χ3n) is 4.35. The maximum atomic E-state index is 13.0. The minimum Gasteiger partial charge on any atom is -0.496 e. The Morgan fingerprint density at radius 3 is 2.61 bits per heavy atom. The van der Waals surface area contributed by atoms with E-state index in [4.69, 9.17) is 4.74 Å². The molecule has 0 unspecified atom stereocenters. The molecule has 0 radical (unpaired) electrons. The minimum atomic E-state index is -0.190. The normalized spacial score (nSPS) is 10.6. The van der Waals surface area contributed by atoms with Crippen molar-refractivity contribution in [1.29, 1.82) is 0 Å². The summed E-state index contributed by atoms with van der Waals surface area (Å²) in [5.74, 6) is 0.559. The van der Waals surface area contributed by atoms with Crippen LogP contribution in [0, 0.1) is 0 Å². The molecular formula is C22H19N3O2S. The number of benzene rings is 2. The van der Waals surface area contributed by atoms with Crippen molar-refractivity contribution < 1.29 is 9.53 Å². The molecule has 0 aliphatic rings.